The number of rotatable bonds is 13. The molecule has 0 unspecified atom stereocenters. The number of hydrogen-bond donors (Lipinski definition) is 1. The molecule has 13 nitrogen and oxygen atoms in total. The smallest absolute Gasteiger partial charge is 0.410 e. The lowest BCUT2D eigenvalue weighted by atomic mass is 9.92. The number of nitro groups is 1. The van der Waals surface area contributed by atoms with E-state index in [1.54, 1.807) is 52.0 Å². The number of carbonyl (C=O) groups excluding carboxylic acids is 4. The van der Waals surface area contributed by atoms with E-state index in [-0.39, 0.29) is 24.3 Å². The van der Waals surface area contributed by atoms with Crippen molar-refractivity contribution in [3.63, 3.8) is 0 Å². The Labute approximate surface area is 276 Å². The number of carbonyl (C=O) groups is 4. The summed E-state index contributed by atoms with van der Waals surface area (Å²) in [7, 11) is 5.44. The number of ketones is 1. The summed E-state index contributed by atoms with van der Waals surface area (Å²) in [6.45, 7) is 8.46. The molecule has 0 radical (unpaired) electrons. The molecule has 2 aromatic rings. The van der Waals surface area contributed by atoms with Crippen LogP contribution in [0.25, 0.3) is 0 Å². The van der Waals surface area contributed by atoms with Crippen LogP contribution in [0, 0.1) is 26.5 Å². The van der Waals surface area contributed by atoms with Crippen LogP contribution in [0.15, 0.2) is 30.3 Å². The van der Waals surface area contributed by atoms with Gasteiger partial charge in [-0.05, 0) is 85.2 Å². The minimum atomic E-state index is -1.20. The first kappa shape index (κ1) is 37.2. The minimum Gasteiger partial charge on any atom is -0.496 e. The third-order valence-electron chi connectivity index (χ3n) is 6.79. The van der Waals surface area contributed by atoms with Gasteiger partial charge in [-0.15, -0.1) is 0 Å². The van der Waals surface area contributed by atoms with Crippen molar-refractivity contribution in [2.45, 2.75) is 65.1 Å². The van der Waals surface area contributed by atoms with Crippen molar-refractivity contribution in [2.24, 2.45) is 5.92 Å². The van der Waals surface area contributed by atoms with E-state index >= 15 is 0 Å². The molecule has 45 heavy (non-hydrogen) atoms. The number of benzene rings is 2. The topological polar surface area (TPSA) is 164 Å². The molecule has 3 atom stereocenters. The number of nitro benzene ring substituents is 1. The Kier molecular flexibility index (Phi) is 13.1. The zero-order valence-electron chi connectivity index (χ0n) is 26.9. The second kappa shape index (κ2) is 15.9. The van der Waals surface area contributed by atoms with Crippen LogP contribution in [0.4, 0.5) is 10.5 Å². The number of nitrogens with zero attached hydrogens (tertiary/aromatic N) is 2. The highest BCUT2D eigenvalue weighted by Gasteiger charge is 2.34. The largest absolute Gasteiger partial charge is 0.496 e. The molecule has 14 heteroatoms. The molecule has 0 heterocycles. The van der Waals surface area contributed by atoms with Gasteiger partial charge in [0, 0.05) is 31.9 Å². The van der Waals surface area contributed by atoms with Gasteiger partial charge in [-0.1, -0.05) is 13.0 Å². The molecule has 0 spiro atoms. The summed E-state index contributed by atoms with van der Waals surface area (Å²) in [5.41, 5.74) is 0.531. The molecule has 0 saturated heterocycles. The van der Waals surface area contributed by atoms with E-state index < -0.39 is 52.3 Å². The molecular formula is C31H40IN3O10. The van der Waals surface area contributed by atoms with E-state index in [1.807, 2.05) is 22.6 Å². The third kappa shape index (κ3) is 10.0. The second-order valence-electron chi connectivity index (χ2n) is 11.5. The maximum Gasteiger partial charge on any atom is 0.410 e. The summed E-state index contributed by atoms with van der Waals surface area (Å²) in [5, 5.41) is 14.2. The number of likely N-dealkylation sites (N-methyl/N-ethyl adjacent to an activating group) is 1. The molecule has 0 aliphatic heterocycles. The quantitative estimate of drug-likeness (QED) is 0.129. The van der Waals surface area contributed by atoms with E-state index in [9.17, 15) is 29.3 Å². The maximum atomic E-state index is 13.8. The number of halogens is 1. The SMILES string of the molecule is COC(=O)[C@H](Cc1cc(I)c(OC)c([N+](=O)[O-])c1)NC(=O)[C@H](C)CC(=O)[C@H](c1ccc(OC)c(C)c1)N(C)C(=O)OC(C)(C)C. The van der Waals surface area contributed by atoms with Gasteiger partial charge in [-0.25, -0.2) is 9.59 Å². The number of methoxy groups -OCH3 is 3. The highest BCUT2D eigenvalue weighted by atomic mass is 127. The molecule has 0 aromatic heterocycles. The number of esters is 1. The molecule has 246 valence electrons. The van der Waals surface area contributed by atoms with E-state index in [4.69, 9.17) is 18.9 Å². The zero-order valence-corrected chi connectivity index (χ0v) is 29.0. The normalized spacial score (nSPS) is 13.1. The van der Waals surface area contributed by atoms with E-state index in [1.165, 1.54) is 39.2 Å². The molecule has 0 aliphatic carbocycles. The number of ether oxygens (including phenoxy) is 4. The average Bonchev–Trinajstić information content (AvgIpc) is 2.95. The first-order valence-corrected chi connectivity index (χ1v) is 15.0. The van der Waals surface area contributed by atoms with E-state index in [0.29, 0.717) is 20.4 Å². The molecule has 2 aromatic carbocycles. The average molecular weight is 742 g/mol. The van der Waals surface area contributed by atoms with E-state index in [0.717, 1.165) is 12.7 Å². The van der Waals surface area contributed by atoms with Crippen LogP contribution in [-0.2, 0) is 30.3 Å². The standard InChI is InChI=1S/C31H40IN3O10/c1-17-12-20(10-11-25(17)42-7)26(34(6)30(39)45-31(3,4)5)24(36)13-18(2)28(37)33-22(29(38)44-9)15-19-14-21(32)27(43-8)23(16-19)35(40)41/h10-12,14,16,18,22,26H,13,15H2,1-9H3,(H,33,37)/t18-,22+,26+/m1/s1. The fraction of sp³-hybridized carbons (Fsp3) is 0.484. The Morgan fingerprint density at radius 1 is 1.07 bits per heavy atom. The number of nitrogens with one attached hydrogen (secondary N) is 1. The van der Waals surface area contributed by atoms with Gasteiger partial charge >= 0.3 is 17.7 Å². The Morgan fingerprint density at radius 3 is 2.22 bits per heavy atom. The predicted octanol–water partition coefficient (Wildman–Crippen LogP) is 4.93. The Morgan fingerprint density at radius 2 is 1.71 bits per heavy atom. The van der Waals surface area contributed by atoms with Gasteiger partial charge in [0.05, 0.1) is 29.8 Å². The van der Waals surface area contributed by atoms with Crippen molar-refractivity contribution in [1.82, 2.24) is 10.2 Å². The fourth-order valence-corrected chi connectivity index (χ4v) is 5.51. The van der Waals surface area contributed by atoms with Crippen LogP contribution >= 0.6 is 22.6 Å². The van der Waals surface area contributed by atoms with Crippen LogP contribution in [0.5, 0.6) is 11.5 Å². The summed E-state index contributed by atoms with van der Waals surface area (Å²) < 4.78 is 21.3. The highest BCUT2D eigenvalue weighted by molar-refractivity contribution is 14.1. The van der Waals surface area contributed by atoms with Crippen molar-refractivity contribution in [3.05, 3.63) is 60.7 Å². The van der Waals surface area contributed by atoms with Crippen LogP contribution in [-0.4, -0.2) is 73.6 Å². The van der Waals surface area contributed by atoms with Crippen LogP contribution < -0.4 is 14.8 Å². The Balaban J connectivity index is 2.34. The summed E-state index contributed by atoms with van der Waals surface area (Å²) in [4.78, 5) is 64.9. The van der Waals surface area contributed by atoms with E-state index in [2.05, 4.69) is 5.32 Å². The van der Waals surface area contributed by atoms with Gasteiger partial charge in [0.15, 0.2) is 5.78 Å². The highest BCUT2D eigenvalue weighted by Crippen LogP contribution is 2.34. The van der Waals surface area contributed by atoms with Crippen molar-refractivity contribution in [2.75, 3.05) is 28.4 Å². The third-order valence-corrected chi connectivity index (χ3v) is 7.59. The lowest BCUT2D eigenvalue weighted by molar-refractivity contribution is -0.385. The first-order valence-electron chi connectivity index (χ1n) is 14.0. The molecule has 2 amide bonds. The molecule has 0 saturated carbocycles. The lowest BCUT2D eigenvalue weighted by Crippen LogP contribution is -2.46. The van der Waals surface area contributed by atoms with Crippen LogP contribution in [0.2, 0.25) is 0 Å². The monoisotopic (exact) mass is 741 g/mol. The van der Waals surface area contributed by atoms with Gasteiger partial charge < -0.3 is 24.3 Å². The van der Waals surface area contributed by atoms with Gasteiger partial charge in [-0.3, -0.25) is 24.6 Å². The number of amides is 2. The zero-order chi connectivity index (χ0) is 34.2. The van der Waals surface area contributed by atoms with Gasteiger partial charge in [0.2, 0.25) is 11.7 Å². The molecule has 0 aliphatic rings. The van der Waals surface area contributed by atoms with Crippen molar-refractivity contribution in [1.29, 1.82) is 0 Å². The van der Waals surface area contributed by atoms with Crippen molar-refractivity contribution < 1.29 is 43.0 Å². The predicted molar refractivity (Wildman–Crippen MR) is 173 cm³/mol. The Hall–Kier alpha value is -3.95. The Bertz CT molecular complexity index is 1440. The second-order valence-corrected chi connectivity index (χ2v) is 12.6. The number of hydrogen-bond acceptors (Lipinski definition) is 10. The summed E-state index contributed by atoms with van der Waals surface area (Å²) >= 11 is 1.89. The molecular weight excluding hydrogens is 701 g/mol. The van der Waals surface area contributed by atoms with Crippen LogP contribution in [0.3, 0.4) is 0 Å². The maximum absolute atomic E-state index is 13.8. The van der Waals surface area contributed by atoms with Crippen molar-refractivity contribution in [3.8, 4) is 11.5 Å². The molecule has 0 fully saturated rings. The minimum absolute atomic E-state index is 0.0769. The summed E-state index contributed by atoms with van der Waals surface area (Å²) in [6.07, 6.45) is -1.12. The van der Waals surface area contributed by atoms with Gasteiger partial charge in [-0.2, -0.15) is 0 Å². The lowest BCUT2D eigenvalue weighted by Gasteiger charge is -2.31. The first-order chi connectivity index (χ1) is 20.9. The molecule has 0 bridgehead atoms. The fourth-order valence-electron chi connectivity index (χ4n) is 4.62. The number of aryl methyl sites for hydroxylation is 1. The van der Waals surface area contributed by atoms with Crippen molar-refractivity contribution >= 4 is 52.0 Å². The number of Topliss-reactive ketones (excluding diaryl/α,β-unsaturated/α-hetero) is 1. The summed E-state index contributed by atoms with van der Waals surface area (Å²) in [6, 6.07) is 5.68. The summed E-state index contributed by atoms with van der Waals surface area (Å²) in [5.74, 6) is -2.08. The van der Waals surface area contributed by atoms with Gasteiger partial charge in [0.1, 0.15) is 23.4 Å². The van der Waals surface area contributed by atoms with Gasteiger partial charge in [0.25, 0.3) is 0 Å². The van der Waals surface area contributed by atoms with Crippen LogP contribution in [0.1, 0.15) is 56.8 Å². The molecule has 2 rings (SSSR count). The molecule has 1 N–H and O–H groups in total.